The lowest BCUT2D eigenvalue weighted by Crippen LogP contribution is -2.24. The Morgan fingerprint density at radius 3 is 3.08 bits per heavy atom. The monoisotopic (exact) mass is 395 g/mol. The number of methoxy groups -OCH3 is 1. The molecule has 0 aliphatic heterocycles. The van der Waals surface area contributed by atoms with Crippen molar-refractivity contribution in [2.45, 2.75) is 18.2 Å². The lowest BCUT2D eigenvalue weighted by Gasteiger charge is -2.08. The molecule has 1 aromatic carbocycles. The molecular formula is C17H18ClN3O2S2. The van der Waals surface area contributed by atoms with E-state index in [-0.39, 0.29) is 5.91 Å². The van der Waals surface area contributed by atoms with E-state index < -0.39 is 0 Å². The number of hydrogen-bond donors (Lipinski definition) is 1. The van der Waals surface area contributed by atoms with Gasteiger partial charge in [0.25, 0.3) is 0 Å². The van der Waals surface area contributed by atoms with Gasteiger partial charge in [-0.1, -0.05) is 29.4 Å². The van der Waals surface area contributed by atoms with Gasteiger partial charge in [0, 0.05) is 23.6 Å². The van der Waals surface area contributed by atoms with Crippen LogP contribution in [0.15, 0.2) is 40.9 Å². The van der Waals surface area contributed by atoms with E-state index in [9.17, 15) is 4.79 Å². The zero-order chi connectivity index (χ0) is 17.6. The fourth-order valence-electron chi connectivity index (χ4n) is 2.37. The molecule has 8 heteroatoms. The molecule has 0 spiro atoms. The number of carbonyl (C=O) groups excluding carboxylic acids is 1. The summed E-state index contributed by atoms with van der Waals surface area (Å²) >= 11 is 9.11. The molecule has 3 rings (SSSR count). The Hall–Kier alpha value is -1.54. The average molecular weight is 396 g/mol. The van der Waals surface area contributed by atoms with Gasteiger partial charge >= 0.3 is 0 Å². The van der Waals surface area contributed by atoms with Crippen LogP contribution in [0.25, 0.3) is 11.0 Å². The number of ether oxygens (including phenoxy) is 1. The summed E-state index contributed by atoms with van der Waals surface area (Å²) in [5.74, 6) is 0.303. The van der Waals surface area contributed by atoms with Gasteiger partial charge in [0.1, 0.15) is 0 Å². The highest BCUT2D eigenvalue weighted by Gasteiger charge is 2.13. The number of thiophene rings is 1. The first kappa shape index (κ1) is 18.3. The second-order valence-corrected chi connectivity index (χ2v) is 7.73. The number of nitrogens with zero attached hydrogens (tertiary/aromatic N) is 2. The molecule has 0 atom stereocenters. The summed E-state index contributed by atoms with van der Waals surface area (Å²) in [6, 6.07) is 9.61. The van der Waals surface area contributed by atoms with E-state index in [0.717, 1.165) is 21.1 Å². The SMILES string of the molecule is COCCn1c(SCC(=O)NCc2cccs2)nc2cc(Cl)ccc21. The van der Waals surface area contributed by atoms with E-state index >= 15 is 0 Å². The highest BCUT2D eigenvalue weighted by atomic mass is 35.5. The van der Waals surface area contributed by atoms with Crippen molar-refractivity contribution in [3.8, 4) is 0 Å². The van der Waals surface area contributed by atoms with E-state index in [1.807, 2.05) is 35.7 Å². The normalized spacial score (nSPS) is 11.1. The lowest BCUT2D eigenvalue weighted by molar-refractivity contribution is -0.118. The average Bonchev–Trinajstić information content (AvgIpc) is 3.23. The van der Waals surface area contributed by atoms with Crippen LogP contribution in [0.4, 0.5) is 0 Å². The lowest BCUT2D eigenvalue weighted by atomic mass is 10.3. The van der Waals surface area contributed by atoms with E-state index in [1.165, 1.54) is 11.8 Å². The van der Waals surface area contributed by atoms with Crippen molar-refractivity contribution in [3.05, 3.63) is 45.6 Å². The molecule has 0 aliphatic carbocycles. The number of nitrogens with one attached hydrogen (secondary N) is 1. The van der Waals surface area contributed by atoms with Crippen LogP contribution in [-0.4, -0.2) is 34.9 Å². The van der Waals surface area contributed by atoms with Crippen molar-refractivity contribution in [2.24, 2.45) is 0 Å². The number of benzene rings is 1. The molecule has 25 heavy (non-hydrogen) atoms. The van der Waals surface area contributed by atoms with Gasteiger partial charge in [0.2, 0.25) is 5.91 Å². The summed E-state index contributed by atoms with van der Waals surface area (Å²) < 4.78 is 7.25. The van der Waals surface area contributed by atoms with Crippen LogP contribution in [0.1, 0.15) is 4.88 Å². The molecule has 0 aliphatic rings. The summed E-state index contributed by atoms with van der Waals surface area (Å²) in [7, 11) is 1.67. The summed E-state index contributed by atoms with van der Waals surface area (Å²) in [4.78, 5) is 17.9. The van der Waals surface area contributed by atoms with Crippen molar-refractivity contribution >= 4 is 51.6 Å². The molecule has 0 saturated carbocycles. The maximum Gasteiger partial charge on any atom is 0.230 e. The summed E-state index contributed by atoms with van der Waals surface area (Å²) in [6.07, 6.45) is 0. The number of carbonyl (C=O) groups is 1. The second-order valence-electron chi connectivity index (χ2n) is 5.32. The number of aromatic nitrogens is 2. The third-order valence-electron chi connectivity index (χ3n) is 3.57. The smallest absolute Gasteiger partial charge is 0.230 e. The Morgan fingerprint density at radius 1 is 1.44 bits per heavy atom. The maximum atomic E-state index is 12.1. The van der Waals surface area contributed by atoms with E-state index in [1.54, 1.807) is 18.4 Å². The Bertz CT molecular complexity index is 849. The van der Waals surface area contributed by atoms with Gasteiger partial charge < -0.3 is 14.6 Å². The zero-order valence-corrected chi connectivity index (χ0v) is 16.1. The van der Waals surface area contributed by atoms with Crippen molar-refractivity contribution in [1.29, 1.82) is 0 Å². The minimum Gasteiger partial charge on any atom is -0.383 e. The minimum absolute atomic E-state index is 0.0122. The molecule has 0 bridgehead atoms. The number of hydrogen-bond acceptors (Lipinski definition) is 5. The molecule has 3 aromatic rings. The Balaban J connectivity index is 1.67. The number of thioether (sulfide) groups is 1. The van der Waals surface area contributed by atoms with Crippen LogP contribution in [0, 0.1) is 0 Å². The predicted molar refractivity (Wildman–Crippen MR) is 104 cm³/mol. The number of amides is 1. The van der Waals surface area contributed by atoms with Gasteiger partial charge in [-0.15, -0.1) is 11.3 Å². The quantitative estimate of drug-likeness (QED) is 0.589. The molecule has 2 aromatic heterocycles. The van der Waals surface area contributed by atoms with Gasteiger partial charge in [-0.25, -0.2) is 4.98 Å². The van der Waals surface area contributed by atoms with E-state index in [2.05, 4.69) is 14.9 Å². The van der Waals surface area contributed by atoms with Crippen LogP contribution >= 0.6 is 34.7 Å². The number of rotatable bonds is 8. The van der Waals surface area contributed by atoms with Crippen molar-refractivity contribution in [2.75, 3.05) is 19.5 Å². The highest BCUT2D eigenvalue weighted by Crippen LogP contribution is 2.26. The first-order valence-corrected chi connectivity index (χ1v) is 9.98. The Labute approximate surface area is 159 Å². The van der Waals surface area contributed by atoms with Crippen molar-refractivity contribution in [1.82, 2.24) is 14.9 Å². The summed E-state index contributed by atoms with van der Waals surface area (Å²) in [5.41, 5.74) is 1.81. The Morgan fingerprint density at radius 2 is 2.32 bits per heavy atom. The molecular weight excluding hydrogens is 378 g/mol. The third kappa shape index (κ3) is 4.76. The first-order valence-electron chi connectivity index (χ1n) is 7.74. The van der Waals surface area contributed by atoms with E-state index in [0.29, 0.717) is 30.5 Å². The molecule has 0 saturated heterocycles. The highest BCUT2D eigenvalue weighted by molar-refractivity contribution is 7.99. The van der Waals surface area contributed by atoms with Crippen LogP contribution in [0.2, 0.25) is 5.02 Å². The summed E-state index contributed by atoms with van der Waals surface area (Å²) in [6.45, 7) is 1.81. The van der Waals surface area contributed by atoms with Crippen molar-refractivity contribution < 1.29 is 9.53 Å². The van der Waals surface area contributed by atoms with Gasteiger partial charge in [-0.05, 0) is 29.6 Å². The Kier molecular flexibility index (Phi) is 6.36. The number of halogens is 1. The first-order chi connectivity index (χ1) is 12.2. The van der Waals surface area contributed by atoms with Crippen LogP contribution in [-0.2, 0) is 22.6 Å². The molecule has 0 fully saturated rings. The standard InChI is InChI=1S/C17H18ClN3O2S2/c1-23-7-6-21-15-5-4-12(18)9-14(15)20-17(21)25-11-16(22)19-10-13-3-2-8-24-13/h2-5,8-9H,6-7,10-11H2,1H3,(H,19,22). The fourth-order valence-corrected chi connectivity index (χ4v) is 4.05. The molecule has 0 unspecified atom stereocenters. The number of fused-ring (bicyclic) bond motifs is 1. The van der Waals surface area contributed by atoms with Gasteiger partial charge in [-0.2, -0.15) is 0 Å². The molecule has 0 radical (unpaired) electrons. The maximum absolute atomic E-state index is 12.1. The fraction of sp³-hybridized carbons (Fsp3) is 0.294. The van der Waals surface area contributed by atoms with Crippen LogP contribution < -0.4 is 5.32 Å². The summed E-state index contributed by atoms with van der Waals surface area (Å²) in [5, 5.41) is 6.37. The molecule has 132 valence electrons. The van der Waals surface area contributed by atoms with Gasteiger partial charge in [0.05, 0.1) is 29.9 Å². The largest absolute Gasteiger partial charge is 0.383 e. The molecule has 1 N–H and O–H groups in total. The second kappa shape index (κ2) is 8.71. The zero-order valence-electron chi connectivity index (χ0n) is 13.7. The van der Waals surface area contributed by atoms with Crippen LogP contribution in [0.5, 0.6) is 0 Å². The number of imidazole rings is 1. The topological polar surface area (TPSA) is 56.1 Å². The molecule has 5 nitrogen and oxygen atoms in total. The van der Waals surface area contributed by atoms with Gasteiger partial charge in [-0.3, -0.25) is 4.79 Å². The molecule has 1 amide bonds. The molecule has 2 heterocycles. The predicted octanol–water partition coefficient (Wildman–Crippen LogP) is 3.81. The third-order valence-corrected chi connectivity index (χ3v) is 5.65. The minimum atomic E-state index is -0.0122. The van der Waals surface area contributed by atoms with Crippen LogP contribution in [0.3, 0.4) is 0 Å². The van der Waals surface area contributed by atoms with Crippen molar-refractivity contribution in [3.63, 3.8) is 0 Å². The van der Waals surface area contributed by atoms with Gasteiger partial charge in [0.15, 0.2) is 5.16 Å². The van der Waals surface area contributed by atoms with E-state index in [4.69, 9.17) is 16.3 Å².